The molecule has 0 unspecified atom stereocenters. The predicted octanol–water partition coefficient (Wildman–Crippen LogP) is 5.77. The standard InChI is InChI=1S/C16H12Br2N2S/c17-11-5-6-14(18)10(7-11)9-20-16-13(8-19)12-3-1-2-4-15(12)21-16/h5-7,9H,1-4H2/b20-9+. The van der Waals surface area contributed by atoms with Gasteiger partial charge in [-0.3, -0.25) is 0 Å². The third-order valence-electron chi connectivity index (χ3n) is 3.54. The Balaban J connectivity index is 1.98. The largest absolute Gasteiger partial charge is 0.244 e. The van der Waals surface area contributed by atoms with E-state index in [2.05, 4.69) is 42.9 Å². The first-order valence-electron chi connectivity index (χ1n) is 6.73. The maximum Gasteiger partial charge on any atom is 0.134 e. The number of rotatable bonds is 2. The molecule has 0 amide bonds. The van der Waals surface area contributed by atoms with Crippen LogP contribution in [0.4, 0.5) is 5.00 Å². The van der Waals surface area contributed by atoms with E-state index in [0.29, 0.717) is 0 Å². The van der Waals surface area contributed by atoms with Gasteiger partial charge in [-0.05, 0) is 49.4 Å². The van der Waals surface area contributed by atoms with Crippen LogP contribution in [-0.2, 0) is 12.8 Å². The van der Waals surface area contributed by atoms with Crippen molar-refractivity contribution in [3.63, 3.8) is 0 Å². The van der Waals surface area contributed by atoms with Gasteiger partial charge in [0.1, 0.15) is 11.1 Å². The summed E-state index contributed by atoms with van der Waals surface area (Å²) in [6, 6.07) is 8.31. The van der Waals surface area contributed by atoms with E-state index in [0.717, 1.165) is 37.9 Å². The summed E-state index contributed by atoms with van der Waals surface area (Å²) >= 11 is 8.66. The number of hydrogen-bond acceptors (Lipinski definition) is 3. The molecule has 1 aromatic carbocycles. The van der Waals surface area contributed by atoms with Crippen molar-refractivity contribution in [3.05, 3.63) is 48.7 Å². The van der Waals surface area contributed by atoms with Gasteiger partial charge in [-0.1, -0.05) is 31.9 Å². The van der Waals surface area contributed by atoms with Crippen molar-refractivity contribution in [1.29, 1.82) is 5.26 Å². The summed E-state index contributed by atoms with van der Waals surface area (Å²) in [5.41, 5.74) is 3.01. The Bertz CT molecular complexity index is 756. The van der Waals surface area contributed by atoms with E-state index in [9.17, 15) is 5.26 Å². The molecule has 5 heteroatoms. The van der Waals surface area contributed by atoms with E-state index in [1.54, 1.807) is 11.3 Å². The minimum absolute atomic E-state index is 0.775. The van der Waals surface area contributed by atoms with Gasteiger partial charge >= 0.3 is 0 Å². The van der Waals surface area contributed by atoms with Crippen molar-refractivity contribution < 1.29 is 0 Å². The summed E-state index contributed by atoms with van der Waals surface area (Å²) in [6.07, 6.45) is 6.33. The number of nitrogens with zero attached hydrogens (tertiary/aromatic N) is 2. The molecule has 106 valence electrons. The third-order valence-corrected chi connectivity index (χ3v) is 5.96. The zero-order valence-corrected chi connectivity index (χ0v) is 15.2. The minimum atomic E-state index is 0.775. The zero-order chi connectivity index (χ0) is 14.8. The molecule has 1 heterocycles. The molecule has 3 rings (SSSR count). The van der Waals surface area contributed by atoms with Crippen LogP contribution >= 0.6 is 43.2 Å². The monoisotopic (exact) mass is 422 g/mol. The van der Waals surface area contributed by atoms with Gasteiger partial charge in [-0.2, -0.15) is 5.26 Å². The molecule has 1 aliphatic carbocycles. The lowest BCUT2D eigenvalue weighted by Gasteiger charge is -2.09. The second-order valence-electron chi connectivity index (χ2n) is 4.93. The summed E-state index contributed by atoms with van der Waals surface area (Å²) in [7, 11) is 0. The topological polar surface area (TPSA) is 36.1 Å². The van der Waals surface area contributed by atoms with Crippen LogP contribution in [-0.4, -0.2) is 6.21 Å². The number of hydrogen-bond donors (Lipinski definition) is 0. The van der Waals surface area contributed by atoms with Crippen LogP contribution in [0.1, 0.15) is 34.4 Å². The van der Waals surface area contributed by atoms with Crippen LogP contribution < -0.4 is 0 Å². The Morgan fingerprint density at radius 1 is 1.24 bits per heavy atom. The van der Waals surface area contributed by atoms with Gasteiger partial charge in [-0.25, -0.2) is 4.99 Å². The number of benzene rings is 1. The Labute approximate surface area is 144 Å². The lowest BCUT2D eigenvalue weighted by Crippen LogP contribution is -1.99. The van der Waals surface area contributed by atoms with Gasteiger partial charge in [0.05, 0.1) is 5.56 Å². The molecule has 21 heavy (non-hydrogen) atoms. The van der Waals surface area contributed by atoms with E-state index in [4.69, 9.17) is 0 Å². The molecule has 0 fully saturated rings. The highest BCUT2D eigenvalue weighted by Crippen LogP contribution is 2.39. The summed E-state index contributed by atoms with van der Waals surface area (Å²) in [6.45, 7) is 0. The Kier molecular flexibility index (Phi) is 4.58. The molecule has 0 saturated heterocycles. The summed E-state index contributed by atoms with van der Waals surface area (Å²) in [4.78, 5) is 5.92. The fourth-order valence-electron chi connectivity index (χ4n) is 2.50. The van der Waals surface area contributed by atoms with Crippen molar-refractivity contribution in [2.24, 2.45) is 4.99 Å². The molecule has 0 atom stereocenters. The van der Waals surface area contributed by atoms with Crippen LogP contribution in [0.2, 0.25) is 0 Å². The number of aliphatic imine (C=N–C) groups is 1. The van der Waals surface area contributed by atoms with Crippen molar-refractivity contribution in [2.45, 2.75) is 25.7 Å². The molecule has 0 saturated carbocycles. The zero-order valence-electron chi connectivity index (χ0n) is 11.2. The number of aryl methyl sites for hydroxylation is 1. The van der Waals surface area contributed by atoms with Gasteiger partial charge < -0.3 is 0 Å². The molecular formula is C16H12Br2N2S. The molecule has 1 aliphatic rings. The van der Waals surface area contributed by atoms with Gasteiger partial charge in [-0.15, -0.1) is 11.3 Å². The smallest absolute Gasteiger partial charge is 0.134 e. The maximum atomic E-state index is 9.43. The van der Waals surface area contributed by atoms with E-state index >= 15 is 0 Å². The van der Waals surface area contributed by atoms with Crippen LogP contribution in [0.15, 0.2) is 32.1 Å². The summed E-state index contributed by atoms with van der Waals surface area (Å²) in [5, 5.41) is 10.3. The first-order chi connectivity index (χ1) is 10.2. The van der Waals surface area contributed by atoms with Crippen molar-refractivity contribution in [2.75, 3.05) is 0 Å². The molecule has 0 bridgehead atoms. The predicted molar refractivity (Wildman–Crippen MR) is 94.8 cm³/mol. The molecule has 2 nitrogen and oxygen atoms in total. The van der Waals surface area contributed by atoms with E-state index in [-0.39, 0.29) is 0 Å². The second kappa shape index (κ2) is 6.43. The first-order valence-corrected chi connectivity index (χ1v) is 9.13. The number of nitriles is 1. The number of halogens is 2. The highest BCUT2D eigenvalue weighted by molar-refractivity contribution is 9.11. The molecule has 0 aliphatic heterocycles. The van der Waals surface area contributed by atoms with E-state index in [1.807, 2.05) is 24.4 Å². The third kappa shape index (κ3) is 3.13. The molecule has 0 spiro atoms. The quantitative estimate of drug-likeness (QED) is 0.564. The minimum Gasteiger partial charge on any atom is -0.244 e. The highest BCUT2D eigenvalue weighted by atomic mass is 79.9. The molecule has 2 aromatic rings. The van der Waals surface area contributed by atoms with Gasteiger partial charge in [0, 0.05) is 25.6 Å². The fourth-order valence-corrected chi connectivity index (χ4v) is 4.41. The summed E-state index contributed by atoms with van der Waals surface area (Å²) in [5.74, 6) is 0. The first kappa shape index (κ1) is 15.0. The Morgan fingerprint density at radius 3 is 2.86 bits per heavy atom. The van der Waals surface area contributed by atoms with E-state index < -0.39 is 0 Å². The van der Waals surface area contributed by atoms with Crippen LogP contribution in [0.25, 0.3) is 0 Å². The Hall–Kier alpha value is -0.960. The average Bonchev–Trinajstić information content (AvgIpc) is 2.85. The van der Waals surface area contributed by atoms with Crippen LogP contribution in [0.3, 0.4) is 0 Å². The van der Waals surface area contributed by atoms with Crippen molar-refractivity contribution in [1.82, 2.24) is 0 Å². The lowest BCUT2D eigenvalue weighted by molar-refractivity contribution is 0.696. The number of fused-ring (bicyclic) bond motifs is 1. The fraction of sp³-hybridized carbons (Fsp3) is 0.250. The van der Waals surface area contributed by atoms with Crippen LogP contribution in [0, 0.1) is 11.3 Å². The van der Waals surface area contributed by atoms with Gasteiger partial charge in [0.15, 0.2) is 0 Å². The molecule has 1 aromatic heterocycles. The number of thiophene rings is 1. The van der Waals surface area contributed by atoms with Gasteiger partial charge in [0.2, 0.25) is 0 Å². The lowest BCUT2D eigenvalue weighted by atomic mass is 9.96. The normalized spacial score (nSPS) is 14.1. The van der Waals surface area contributed by atoms with Crippen LogP contribution in [0.5, 0.6) is 0 Å². The van der Waals surface area contributed by atoms with Crippen molar-refractivity contribution in [3.8, 4) is 6.07 Å². The summed E-state index contributed by atoms with van der Waals surface area (Å²) < 4.78 is 2.01. The molecule has 0 N–H and O–H groups in total. The maximum absolute atomic E-state index is 9.43. The highest BCUT2D eigenvalue weighted by Gasteiger charge is 2.20. The SMILES string of the molecule is N#Cc1c(/N=C/c2cc(Br)ccc2Br)sc2c1CCCC2. The molecule has 0 radical (unpaired) electrons. The Morgan fingerprint density at radius 2 is 2.05 bits per heavy atom. The van der Waals surface area contributed by atoms with Crippen molar-refractivity contribution >= 4 is 54.4 Å². The molecular weight excluding hydrogens is 412 g/mol. The van der Waals surface area contributed by atoms with E-state index in [1.165, 1.54) is 23.3 Å². The average molecular weight is 424 g/mol. The van der Waals surface area contributed by atoms with Gasteiger partial charge in [0.25, 0.3) is 0 Å². The second-order valence-corrected chi connectivity index (χ2v) is 7.78.